The van der Waals surface area contributed by atoms with Crippen LogP contribution in [0.1, 0.15) is 17.7 Å². The average molecular weight is 251 g/mol. The maximum Gasteiger partial charge on any atom is 0.246 e. The predicted molar refractivity (Wildman–Crippen MR) is 69.7 cm³/mol. The number of hydrogen-bond acceptors (Lipinski definition) is 3. The molecule has 1 N–H and O–H groups in total. The summed E-state index contributed by atoms with van der Waals surface area (Å²) >= 11 is 1.62. The fraction of sp³-hybridized carbons (Fsp3) is 0.462. The molecule has 3 nitrogen and oxygen atoms in total. The second-order valence-electron chi connectivity index (χ2n) is 4.30. The number of carbonyl (C=O) groups is 1. The standard InChI is InChI=1S/C13H17NO2S/c15-10-11-5-7-14(8-6-11)13(16)4-3-12-2-1-9-17-12/h1-4,9,11,15H,5-8,10H2/b4-3+. The molecule has 0 bridgehead atoms. The maximum atomic E-state index is 11.9. The van der Waals surface area contributed by atoms with E-state index in [1.807, 2.05) is 28.5 Å². The fourth-order valence-corrected chi connectivity index (χ4v) is 2.60. The zero-order chi connectivity index (χ0) is 12.1. The van der Waals surface area contributed by atoms with Gasteiger partial charge in [-0.05, 0) is 36.3 Å². The minimum Gasteiger partial charge on any atom is -0.396 e. The van der Waals surface area contributed by atoms with Crippen molar-refractivity contribution in [1.82, 2.24) is 4.90 Å². The molecule has 17 heavy (non-hydrogen) atoms. The van der Waals surface area contributed by atoms with Gasteiger partial charge in [-0.2, -0.15) is 0 Å². The van der Waals surface area contributed by atoms with E-state index in [0.29, 0.717) is 5.92 Å². The molecule has 0 aromatic carbocycles. The summed E-state index contributed by atoms with van der Waals surface area (Å²) < 4.78 is 0. The topological polar surface area (TPSA) is 40.5 Å². The van der Waals surface area contributed by atoms with E-state index in [-0.39, 0.29) is 12.5 Å². The largest absolute Gasteiger partial charge is 0.396 e. The van der Waals surface area contributed by atoms with Gasteiger partial charge >= 0.3 is 0 Å². The number of aliphatic hydroxyl groups excluding tert-OH is 1. The van der Waals surface area contributed by atoms with Gasteiger partial charge in [0, 0.05) is 30.6 Å². The van der Waals surface area contributed by atoms with E-state index in [2.05, 4.69) is 0 Å². The molecule has 0 spiro atoms. The fourth-order valence-electron chi connectivity index (χ4n) is 1.98. The molecule has 1 aliphatic rings. The number of hydrogen-bond donors (Lipinski definition) is 1. The summed E-state index contributed by atoms with van der Waals surface area (Å²) in [6.07, 6.45) is 5.33. The summed E-state index contributed by atoms with van der Waals surface area (Å²) in [5.74, 6) is 0.454. The van der Waals surface area contributed by atoms with Gasteiger partial charge < -0.3 is 10.0 Å². The lowest BCUT2D eigenvalue weighted by atomic mass is 9.98. The average Bonchev–Trinajstić information content (AvgIpc) is 2.89. The van der Waals surface area contributed by atoms with Crippen molar-refractivity contribution in [1.29, 1.82) is 0 Å². The molecule has 1 aromatic rings. The van der Waals surface area contributed by atoms with Crippen LogP contribution in [0, 0.1) is 5.92 Å². The van der Waals surface area contributed by atoms with E-state index in [4.69, 9.17) is 5.11 Å². The first kappa shape index (κ1) is 12.3. The van der Waals surface area contributed by atoms with Crippen LogP contribution in [0.3, 0.4) is 0 Å². The van der Waals surface area contributed by atoms with Crippen LogP contribution in [0.15, 0.2) is 23.6 Å². The zero-order valence-electron chi connectivity index (χ0n) is 9.71. The zero-order valence-corrected chi connectivity index (χ0v) is 10.5. The molecular formula is C13H17NO2S. The van der Waals surface area contributed by atoms with Crippen molar-refractivity contribution in [3.8, 4) is 0 Å². The Kier molecular flexibility index (Phi) is 4.34. The highest BCUT2D eigenvalue weighted by molar-refractivity contribution is 7.10. The molecule has 1 amide bonds. The van der Waals surface area contributed by atoms with E-state index in [1.54, 1.807) is 17.4 Å². The van der Waals surface area contributed by atoms with Crippen molar-refractivity contribution in [3.05, 3.63) is 28.5 Å². The first-order valence-electron chi connectivity index (χ1n) is 5.91. The number of piperidine rings is 1. The molecule has 92 valence electrons. The number of thiophene rings is 1. The third-order valence-corrected chi connectivity index (χ3v) is 3.96. The Balaban J connectivity index is 1.85. The van der Waals surface area contributed by atoms with Crippen LogP contribution in [0.5, 0.6) is 0 Å². The molecule has 1 aliphatic heterocycles. The van der Waals surface area contributed by atoms with Gasteiger partial charge in [-0.3, -0.25) is 4.79 Å². The molecular weight excluding hydrogens is 234 g/mol. The second-order valence-corrected chi connectivity index (χ2v) is 5.28. The predicted octanol–water partition coefficient (Wildman–Crippen LogP) is 1.99. The smallest absolute Gasteiger partial charge is 0.246 e. The van der Waals surface area contributed by atoms with E-state index in [0.717, 1.165) is 30.8 Å². The lowest BCUT2D eigenvalue weighted by molar-refractivity contribution is -0.127. The number of nitrogens with zero attached hydrogens (tertiary/aromatic N) is 1. The SMILES string of the molecule is O=C(/C=C/c1cccs1)N1CCC(CO)CC1. The highest BCUT2D eigenvalue weighted by Crippen LogP contribution is 2.17. The highest BCUT2D eigenvalue weighted by atomic mass is 32.1. The number of carbonyl (C=O) groups excluding carboxylic acids is 1. The Hall–Kier alpha value is -1.13. The highest BCUT2D eigenvalue weighted by Gasteiger charge is 2.20. The van der Waals surface area contributed by atoms with Crippen LogP contribution in [0.2, 0.25) is 0 Å². The van der Waals surface area contributed by atoms with Crippen molar-refractivity contribution >= 4 is 23.3 Å². The minimum absolute atomic E-state index is 0.0785. The summed E-state index contributed by atoms with van der Waals surface area (Å²) in [7, 11) is 0. The molecule has 0 radical (unpaired) electrons. The number of rotatable bonds is 3. The first-order chi connectivity index (χ1) is 8.29. The number of aliphatic hydroxyl groups is 1. The molecule has 0 aliphatic carbocycles. The van der Waals surface area contributed by atoms with Gasteiger partial charge in [0.05, 0.1) is 0 Å². The number of amides is 1. The van der Waals surface area contributed by atoms with Crippen LogP contribution in [-0.4, -0.2) is 35.6 Å². The van der Waals surface area contributed by atoms with E-state index in [1.165, 1.54) is 0 Å². The molecule has 0 saturated carbocycles. The van der Waals surface area contributed by atoms with Gasteiger partial charge in [0.15, 0.2) is 0 Å². The monoisotopic (exact) mass is 251 g/mol. The van der Waals surface area contributed by atoms with Crippen molar-refractivity contribution in [2.75, 3.05) is 19.7 Å². The lowest BCUT2D eigenvalue weighted by Gasteiger charge is -2.30. The maximum absolute atomic E-state index is 11.9. The van der Waals surface area contributed by atoms with E-state index in [9.17, 15) is 4.79 Å². The minimum atomic E-state index is 0.0785. The molecule has 1 fully saturated rings. The van der Waals surface area contributed by atoms with Crippen LogP contribution in [0.4, 0.5) is 0 Å². The van der Waals surface area contributed by atoms with Crippen molar-refractivity contribution in [2.45, 2.75) is 12.8 Å². The molecule has 2 heterocycles. The molecule has 2 rings (SSSR count). The first-order valence-corrected chi connectivity index (χ1v) is 6.79. The normalized spacial score (nSPS) is 17.8. The summed E-state index contributed by atoms with van der Waals surface area (Å²) in [6.45, 7) is 1.77. The Morgan fingerprint density at radius 1 is 1.53 bits per heavy atom. The Morgan fingerprint density at radius 2 is 2.29 bits per heavy atom. The van der Waals surface area contributed by atoms with Crippen LogP contribution in [0.25, 0.3) is 6.08 Å². The third kappa shape index (κ3) is 3.41. The van der Waals surface area contributed by atoms with Gasteiger partial charge in [-0.1, -0.05) is 6.07 Å². The summed E-state index contributed by atoms with van der Waals surface area (Å²) in [5, 5.41) is 11.0. The number of likely N-dealkylation sites (tertiary alicyclic amines) is 1. The molecule has 0 unspecified atom stereocenters. The molecule has 1 aromatic heterocycles. The van der Waals surface area contributed by atoms with Crippen LogP contribution < -0.4 is 0 Å². The van der Waals surface area contributed by atoms with E-state index < -0.39 is 0 Å². The van der Waals surface area contributed by atoms with Crippen LogP contribution >= 0.6 is 11.3 Å². The van der Waals surface area contributed by atoms with Crippen molar-refractivity contribution < 1.29 is 9.90 Å². The van der Waals surface area contributed by atoms with Gasteiger partial charge in [0.2, 0.25) is 5.91 Å². The van der Waals surface area contributed by atoms with Gasteiger partial charge in [-0.15, -0.1) is 11.3 Å². The molecule has 4 heteroatoms. The third-order valence-electron chi connectivity index (χ3n) is 3.12. The van der Waals surface area contributed by atoms with Gasteiger partial charge in [0.1, 0.15) is 0 Å². The summed E-state index contributed by atoms with van der Waals surface area (Å²) in [5.41, 5.74) is 0. The second kappa shape index (κ2) is 5.98. The van der Waals surface area contributed by atoms with Gasteiger partial charge in [-0.25, -0.2) is 0 Å². The van der Waals surface area contributed by atoms with Gasteiger partial charge in [0.25, 0.3) is 0 Å². The summed E-state index contributed by atoms with van der Waals surface area (Å²) in [4.78, 5) is 14.8. The Labute approximate surface area is 105 Å². The van der Waals surface area contributed by atoms with E-state index >= 15 is 0 Å². The lowest BCUT2D eigenvalue weighted by Crippen LogP contribution is -2.38. The van der Waals surface area contributed by atoms with Crippen molar-refractivity contribution in [3.63, 3.8) is 0 Å². The van der Waals surface area contributed by atoms with Crippen molar-refractivity contribution in [2.24, 2.45) is 5.92 Å². The Bertz CT molecular complexity index is 378. The van der Waals surface area contributed by atoms with Crippen LogP contribution in [-0.2, 0) is 4.79 Å². The quantitative estimate of drug-likeness (QED) is 0.835. The Morgan fingerprint density at radius 3 is 2.88 bits per heavy atom. The molecule has 0 atom stereocenters. The summed E-state index contributed by atoms with van der Waals surface area (Å²) in [6, 6.07) is 3.97. The molecule has 1 saturated heterocycles.